The minimum absolute atomic E-state index is 0.258. The fourth-order valence-electron chi connectivity index (χ4n) is 2.83. The third-order valence-electron chi connectivity index (χ3n) is 4.08. The molecule has 1 amide bonds. The van der Waals surface area contributed by atoms with Gasteiger partial charge >= 0.3 is 0 Å². The van der Waals surface area contributed by atoms with E-state index in [0.29, 0.717) is 12.3 Å². The van der Waals surface area contributed by atoms with Crippen molar-refractivity contribution in [1.29, 1.82) is 0 Å². The molecule has 1 fully saturated rings. The Morgan fingerprint density at radius 1 is 1.23 bits per heavy atom. The summed E-state index contributed by atoms with van der Waals surface area (Å²) in [6, 6.07) is 13.9. The van der Waals surface area contributed by atoms with Gasteiger partial charge in [-0.25, -0.2) is 0 Å². The third-order valence-corrected chi connectivity index (χ3v) is 4.96. The molecule has 0 spiro atoms. The summed E-state index contributed by atoms with van der Waals surface area (Å²) in [5.41, 5.74) is 0. The fraction of sp³-hybridized carbons (Fsp3) is 0.389. The van der Waals surface area contributed by atoms with E-state index in [9.17, 15) is 4.79 Å². The second kappa shape index (κ2) is 7.45. The summed E-state index contributed by atoms with van der Waals surface area (Å²) in [5.74, 6) is 1.75. The highest BCUT2D eigenvalue weighted by atomic mass is 32.1. The number of ether oxygens (including phenoxy) is 1. The first kappa shape index (κ1) is 15.1. The van der Waals surface area contributed by atoms with Crippen LogP contribution in [-0.2, 0) is 11.2 Å². The van der Waals surface area contributed by atoms with Gasteiger partial charge in [0.1, 0.15) is 5.75 Å². The first-order valence-corrected chi connectivity index (χ1v) is 8.67. The molecule has 116 valence electrons. The molecule has 3 rings (SSSR count). The summed E-state index contributed by atoms with van der Waals surface area (Å²) < 4.78 is 5.75. The first-order chi connectivity index (χ1) is 10.8. The minimum Gasteiger partial charge on any atom is -0.494 e. The van der Waals surface area contributed by atoms with Crippen molar-refractivity contribution in [3.63, 3.8) is 0 Å². The maximum absolute atomic E-state index is 12.3. The molecule has 1 saturated heterocycles. The number of nitrogens with zero attached hydrogens (tertiary/aromatic N) is 1. The second-order valence-corrected chi connectivity index (χ2v) is 6.73. The predicted molar refractivity (Wildman–Crippen MR) is 89.3 cm³/mol. The average Bonchev–Trinajstić information content (AvgIpc) is 3.20. The molecule has 0 aliphatic carbocycles. The summed E-state index contributed by atoms with van der Waals surface area (Å²) in [4.78, 5) is 15.4. The van der Waals surface area contributed by atoms with E-state index >= 15 is 0 Å². The standard InChI is InChI=1S/C18H21NO2S/c20-18(13-17-7-4-12-22-17)19-10-8-15(14-19)9-11-21-16-5-2-1-3-6-16/h1-7,12,15H,8-11,13-14H2. The zero-order valence-electron chi connectivity index (χ0n) is 12.6. The molecule has 0 saturated carbocycles. The van der Waals surface area contributed by atoms with Gasteiger partial charge in [0, 0.05) is 18.0 Å². The van der Waals surface area contributed by atoms with Crippen LogP contribution >= 0.6 is 11.3 Å². The normalized spacial score (nSPS) is 17.6. The van der Waals surface area contributed by atoms with Gasteiger partial charge in [-0.2, -0.15) is 0 Å². The number of hydrogen-bond donors (Lipinski definition) is 0. The summed E-state index contributed by atoms with van der Waals surface area (Å²) in [6.07, 6.45) is 2.65. The Balaban J connectivity index is 1.39. The first-order valence-electron chi connectivity index (χ1n) is 7.79. The molecule has 1 aromatic heterocycles. The van der Waals surface area contributed by atoms with E-state index in [1.165, 1.54) is 0 Å². The van der Waals surface area contributed by atoms with Crippen LogP contribution in [-0.4, -0.2) is 30.5 Å². The number of rotatable bonds is 6. The monoisotopic (exact) mass is 315 g/mol. The second-order valence-electron chi connectivity index (χ2n) is 5.70. The van der Waals surface area contributed by atoms with Gasteiger partial charge in [-0.15, -0.1) is 11.3 Å². The largest absolute Gasteiger partial charge is 0.494 e. The molecule has 1 atom stereocenters. The van der Waals surface area contributed by atoms with Crippen molar-refractivity contribution in [3.8, 4) is 5.75 Å². The third kappa shape index (κ3) is 4.10. The van der Waals surface area contributed by atoms with Crippen molar-refractivity contribution in [3.05, 3.63) is 52.7 Å². The Morgan fingerprint density at radius 2 is 2.09 bits per heavy atom. The lowest BCUT2D eigenvalue weighted by Crippen LogP contribution is -2.30. The summed E-state index contributed by atoms with van der Waals surface area (Å²) >= 11 is 1.65. The van der Waals surface area contributed by atoms with E-state index < -0.39 is 0 Å². The van der Waals surface area contributed by atoms with Crippen molar-refractivity contribution in [2.45, 2.75) is 19.3 Å². The van der Waals surface area contributed by atoms with Crippen LogP contribution in [0.25, 0.3) is 0 Å². The topological polar surface area (TPSA) is 29.5 Å². The molecule has 4 heteroatoms. The molecule has 2 aromatic rings. The predicted octanol–water partition coefficient (Wildman–Crippen LogP) is 3.61. The number of benzene rings is 1. The molecular formula is C18H21NO2S. The van der Waals surface area contributed by atoms with E-state index in [1.807, 2.05) is 52.7 Å². The van der Waals surface area contributed by atoms with Crippen LogP contribution in [0, 0.1) is 5.92 Å². The van der Waals surface area contributed by atoms with Crippen molar-refractivity contribution >= 4 is 17.2 Å². The molecule has 0 radical (unpaired) electrons. The van der Waals surface area contributed by atoms with Crippen LogP contribution in [0.2, 0.25) is 0 Å². The van der Waals surface area contributed by atoms with Gasteiger partial charge in [-0.3, -0.25) is 4.79 Å². The molecular weight excluding hydrogens is 294 g/mol. The van der Waals surface area contributed by atoms with Crippen molar-refractivity contribution in [2.24, 2.45) is 5.92 Å². The van der Waals surface area contributed by atoms with Gasteiger partial charge < -0.3 is 9.64 Å². The van der Waals surface area contributed by atoms with Crippen LogP contribution in [0.5, 0.6) is 5.75 Å². The van der Waals surface area contributed by atoms with Gasteiger partial charge in [0.05, 0.1) is 13.0 Å². The van der Waals surface area contributed by atoms with E-state index in [1.54, 1.807) is 11.3 Å². The van der Waals surface area contributed by atoms with Gasteiger partial charge in [0.15, 0.2) is 0 Å². The Hall–Kier alpha value is -1.81. The highest BCUT2D eigenvalue weighted by molar-refractivity contribution is 7.10. The minimum atomic E-state index is 0.258. The summed E-state index contributed by atoms with van der Waals surface area (Å²) in [6.45, 7) is 2.49. The van der Waals surface area contributed by atoms with Gasteiger partial charge in [-0.05, 0) is 42.3 Å². The molecule has 0 bridgehead atoms. The number of para-hydroxylation sites is 1. The number of carbonyl (C=O) groups is 1. The number of likely N-dealkylation sites (tertiary alicyclic amines) is 1. The zero-order chi connectivity index (χ0) is 15.2. The van der Waals surface area contributed by atoms with Crippen molar-refractivity contribution in [1.82, 2.24) is 4.90 Å². The van der Waals surface area contributed by atoms with Gasteiger partial charge in [0.25, 0.3) is 0 Å². The Bertz CT molecular complexity index is 582. The molecule has 1 aliphatic rings. The lowest BCUT2D eigenvalue weighted by atomic mass is 10.1. The van der Waals surface area contributed by atoms with Gasteiger partial charge in [0.2, 0.25) is 5.91 Å². The number of hydrogen-bond acceptors (Lipinski definition) is 3. The molecule has 22 heavy (non-hydrogen) atoms. The molecule has 3 nitrogen and oxygen atoms in total. The Kier molecular flexibility index (Phi) is 5.11. The number of amides is 1. The van der Waals surface area contributed by atoms with E-state index in [2.05, 4.69) is 0 Å². The van der Waals surface area contributed by atoms with E-state index in [0.717, 1.165) is 43.2 Å². The summed E-state index contributed by atoms with van der Waals surface area (Å²) in [7, 11) is 0. The highest BCUT2D eigenvalue weighted by Crippen LogP contribution is 2.22. The van der Waals surface area contributed by atoms with E-state index in [-0.39, 0.29) is 5.91 Å². The van der Waals surface area contributed by atoms with E-state index in [4.69, 9.17) is 4.74 Å². The van der Waals surface area contributed by atoms with Crippen molar-refractivity contribution in [2.75, 3.05) is 19.7 Å². The lowest BCUT2D eigenvalue weighted by Gasteiger charge is -2.16. The van der Waals surface area contributed by atoms with Crippen LogP contribution in [0.4, 0.5) is 0 Å². The summed E-state index contributed by atoms with van der Waals surface area (Å²) in [5, 5.41) is 2.02. The van der Waals surface area contributed by atoms with Crippen LogP contribution in [0.15, 0.2) is 47.8 Å². The lowest BCUT2D eigenvalue weighted by molar-refractivity contribution is -0.129. The molecule has 1 unspecified atom stereocenters. The SMILES string of the molecule is O=C(Cc1cccs1)N1CCC(CCOc2ccccc2)C1. The number of carbonyl (C=O) groups excluding carboxylic acids is 1. The number of thiophene rings is 1. The molecule has 0 N–H and O–H groups in total. The fourth-order valence-corrected chi connectivity index (χ4v) is 3.52. The maximum atomic E-state index is 12.3. The average molecular weight is 315 g/mol. The maximum Gasteiger partial charge on any atom is 0.227 e. The smallest absolute Gasteiger partial charge is 0.227 e. The molecule has 2 heterocycles. The van der Waals surface area contributed by atoms with Crippen molar-refractivity contribution < 1.29 is 9.53 Å². The quantitative estimate of drug-likeness (QED) is 0.815. The highest BCUT2D eigenvalue weighted by Gasteiger charge is 2.26. The van der Waals surface area contributed by atoms with Crippen LogP contribution < -0.4 is 4.74 Å². The Labute approximate surface area is 135 Å². The molecule has 1 aliphatic heterocycles. The van der Waals surface area contributed by atoms with Gasteiger partial charge in [-0.1, -0.05) is 24.3 Å². The Morgan fingerprint density at radius 3 is 2.86 bits per heavy atom. The molecule has 1 aromatic carbocycles. The zero-order valence-corrected chi connectivity index (χ0v) is 13.4. The van der Waals surface area contributed by atoms with Crippen LogP contribution in [0.1, 0.15) is 17.7 Å². The van der Waals surface area contributed by atoms with Crippen LogP contribution in [0.3, 0.4) is 0 Å².